The van der Waals surface area contributed by atoms with Gasteiger partial charge in [0, 0.05) is 17.9 Å². The first-order valence-corrected chi connectivity index (χ1v) is 6.44. The number of benzene rings is 2. The smallest absolute Gasteiger partial charge is 0.139 e. The van der Waals surface area contributed by atoms with Gasteiger partial charge >= 0.3 is 0 Å². The van der Waals surface area contributed by atoms with E-state index in [1.165, 1.54) is 6.07 Å². The van der Waals surface area contributed by atoms with Gasteiger partial charge < -0.3 is 0 Å². The van der Waals surface area contributed by atoms with Gasteiger partial charge in [-0.2, -0.15) is 0 Å². The van der Waals surface area contributed by atoms with E-state index in [4.69, 9.17) is 0 Å². The highest BCUT2D eigenvalue weighted by atomic mass is 19.1. The van der Waals surface area contributed by atoms with E-state index in [2.05, 4.69) is 0 Å². The fraction of sp³-hybridized carbons (Fsp3) is 0.235. The topological polar surface area (TPSA) is 17.1 Å². The molecular weight excluding hydrogens is 239 g/mol. The Morgan fingerprint density at radius 1 is 1.05 bits per heavy atom. The molecule has 0 aliphatic heterocycles. The molecule has 98 valence electrons. The van der Waals surface area contributed by atoms with Gasteiger partial charge in [0.2, 0.25) is 0 Å². The molecule has 19 heavy (non-hydrogen) atoms. The van der Waals surface area contributed by atoms with Crippen LogP contribution in [-0.4, -0.2) is 5.78 Å². The number of carbonyl (C=O) groups is 1. The predicted octanol–water partition coefficient (Wildman–Crippen LogP) is 4.26. The van der Waals surface area contributed by atoms with Crippen molar-refractivity contribution in [1.29, 1.82) is 0 Å². The molecule has 0 aliphatic rings. The summed E-state index contributed by atoms with van der Waals surface area (Å²) >= 11 is 0. The summed E-state index contributed by atoms with van der Waals surface area (Å²) in [5.41, 5.74) is 2.39. The van der Waals surface area contributed by atoms with Gasteiger partial charge in [0.15, 0.2) is 0 Å². The van der Waals surface area contributed by atoms with E-state index in [0.717, 1.165) is 11.1 Å². The molecule has 0 aliphatic carbocycles. The maximum atomic E-state index is 13.6. The van der Waals surface area contributed by atoms with Crippen LogP contribution in [0.5, 0.6) is 0 Å². The molecule has 0 aromatic heterocycles. The zero-order chi connectivity index (χ0) is 13.8. The summed E-state index contributed by atoms with van der Waals surface area (Å²) in [6.07, 6.45) is 0.440. The van der Waals surface area contributed by atoms with Crippen LogP contribution in [-0.2, 0) is 11.2 Å². The van der Waals surface area contributed by atoms with Crippen molar-refractivity contribution in [3.63, 3.8) is 0 Å². The van der Waals surface area contributed by atoms with Crippen LogP contribution < -0.4 is 0 Å². The molecule has 2 heteroatoms. The number of hydrogen-bond donors (Lipinski definition) is 0. The number of Topliss-reactive ketones (excluding diaryl/α,β-unsaturated/α-hetero) is 1. The van der Waals surface area contributed by atoms with Gasteiger partial charge in [-0.3, -0.25) is 4.79 Å². The normalized spacial score (nSPS) is 10.7. The van der Waals surface area contributed by atoms with Gasteiger partial charge in [0.05, 0.1) is 0 Å². The van der Waals surface area contributed by atoms with Gasteiger partial charge in [0.25, 0.3) is 0 Å². The second kappa shape index (κ2) is 5.79. The van der Waals surface area contributed by atoms with E-state index in [1.54, 1.807) is 12.1 Å². The number of hydrogen-bond acceptors (Lipinski definition) is 1. The van der Waals surface area contributed by atoms with Gasteiger partial charge in [-0.1, -0.05) is 56.3 Å². The molecule has 1 nitrogen and oxygen atoms in total. The molecule has 2 aromatic rings. The Morgan fingerprint density at radius 2 is 1.68 bits per heavy atom. The van der Waals surface area contributed by atoms with E-state index in [9.17, 15) is 9.18 Å². The molecule has 2 rings (SSSR count). The zero-order valence-electron chi connectivity index (χ0n) is 11.2. The average Bonchev–Trinajstić information content (AvgIpc) is 2.40. The summed E-state index contributed by atoms with van der Waals surface area (Å²) in [6.45, 7) is 3.80. The molecule has 0 heterocycles. The summed E-state index contributed by atoms with van der Waals surface area (Å²) in [7, 11) is 0. The van der Waals surface area contributed by atoms with Crippen molar-refractivity contribution < 1.29 is 9.18 Å². The van der Waals surface area contributed by atoms with Crippen molar-refractivity contribution in [2.24, 2.45) is 5.92 Å². The van der Waals surface area contributed by atoms with Crippen molar-refractivity contribution in [1.82, 2.24) is 0 Å². The molecule has 0 unspecified atom stereocenters. The molecule has 2 aromatic carbocycles. The Bertz CT molecular complexity index is 570. The quantitative estimate of drug-likeness (QED) is 0.798. The van der Waals surface area contributed by atoms with Crippen molar-refractivity contribution in [3.8, 4) is 11.1 Å². The summed E-state index contributed by atoms with van der Waals surface area (Å²) in [5.74, 6) is 0.0402. The molecule has 0 radical (unpaired) electrons. The van der Waals surface area contributed by atoms with Crippen LogP contribution in [0.4, 0.5) is 4.39 Å². The standard InChI is InChI=1S/C17H17FO/c1-12(2)17(19)11-13-7-9-14(10-8-13)15-5-3-4-6-16(15)18/h3-10,12H,11H2,1-2H3. The van der Waals surface area contributed by atoms with E-state index in [-0.39, 0.29) is 17.5 Å². The zero-order valence-corrected chi connectivity index (χ0v) is 11.2. The number of carbonyl (C=O) groups excluding carboxylic acids is 1. The van der Waals surface area contributed by atoms with Gasteiger partial charge in [-0.15, -0.1) is 0 Å². The predicted molar refractivity (Wildman–Crippen MR) is 75.4 cm³/mol. The fourth-order valence-electron chi connectivity index (χ4n) is 1.90. The van der Waals surface area contributed by atoms with Crippen molar-refractivity contribution in [2.75, 3.05) is 0 Å². The minimum Gasteiger partial charge on any atom is -0.299 e. The van der Waals surface area contributed by atoms with Crippen LogP contribution in [0.3, 0.4) is 0 Å². The van der Waals surface area contributed by atoms with Crippen molar-refractivity contribution in [2.45, 2.75) is 20.3 Å². The lowest BCUT2D eigenvalue weighted by molar-refractivity contribution is -0.121. The summed E-state index contributed by atoms with van der Waals surface area (Å²) in [4.78, 5) is 11.7. The molecule has 0 atom stereocenters. The van der Waals surface area contributed by atoms with Crippen molar-refractivity contribution in [3.05, 3.63) is 59.9 Å². The average molecular weight is 256 g/mol. The molecular formula is C17H17FO. The van der Waals surface area contributed by atoms with E-state index >= 15 is 0 Å². The van der Waals surface area contributed by atoms with Gasteiger partial charge in [-0.25, -0.2) is 4.39 Å². The van der Waals surface area contributed by atoms with E-state index < -0.39 is 0 Å². The van der Waals surface area contributed by atoms with Crippen molar-refractivity contribution >= 4 is 5.78 Å². The third-order valence-corrected chi connectivity index (χ3v) is 3.16. The molecule has 0 saturated carbocycles. The minimum atomic E-state index is -0.228. The van der Waals surface area contributed by atoms with Crippen LogP contribution in [0, 0.1) is 11.7 Å². The summed E-state index contributed by atoms with van der Waals surface area (Å²) in [5, 5.41) is 0. The number of ketones is 1. The Labute approximate surface area is 113 Å². The maximum absolute atomic E-state index is 13.6. The number of halogens is 1. The highest BCUT2D eigenvalue weighted by molar-refractivity contribution is 5.82. The second-order valence-electron chi connectivity index (χ2n) is 4.97. The SMILES string of the molecule is CC(C)C(=O)Cc1ccc(-c2ccccc2F)cc1. The molecule has 0 fully saturated rings. The minimum absolute atomic E-state index is 0.0474. The highest BCUT2D eigenvalue weighted by Crippen LogP contribution is 2.23. The number of rotatable bonds is 4. The van der Waals surface area contributed by atoms with Crippen LogP contribution in [0.15, 0.2) is 48.5 Å². The lowest BCUT2D eigenvalue weighted by Gasteiger charge is -2.06. The second-order valence-corrected chi connectivity index (χ2v) is 4.97. The molecule has 0 saturated heterocycles. The molecule has 0 bridgehead atoms. The highest BCUT2D eigenvalue weighted by Gasteiger charge is 2.09. The lowest BCUT2D eigenvalue weighted by Crippen LogP contribution is -2.09. The molecule has 0 amide bonds. The largest absolute Gasteiger partial charge is 0.299 e. The summed E-state index contributed by atoms with van der Waals surface area (Å²) in [6, 6.07) is 14.2. The van der Waals surface area contributed by atoms with Gasteiger partial charge in [-0.05, 0) is 17.2 Å². The third-order valence-electron chi connectivity index (χ3n) is 3.16. The van der Waals surface area contributed by atoms with Crippen LogP contribution in [0.1, 0.15) is 19.4 Å². The van der Waals surface area contributed by atoms with Crippen LogP contribution >= 0.6 is 0 Å². The fourth-order valence-corrected chi connectivity index (χ4v) is 1.90. The van der Waals surface area contributed by atoms with Crippen LogP contribution in [0.25, 0.3) is 11.1 Å². The first-order chi connectivity index (χ1) is 9.08. The first-order valence-electron chi connectivity index (χ1n) is 6.44. The maximum Gasteiger partial charge on any atom is 0.139 e. The summed E-state index contributed by atoms with van der Waals surface area (Å²) < 4.78 is 13.6. The Kier molecular flexibility index (Phi) is 4.10. The molecule has 0 N–H and O–H groups in total. The Hall–Kier alpha value is -1.96. The Morgan fingerprint density at radius 3 is 2.26 bits per heavy atom. The first kappa shape index (κ1) is 13.5. The lowest BCUT2D eigenvalue weighted by atomic mass is 9.98. The van der Waals surface area contributed by atoms with E-state index in [0.29, 0.717) is 12.0 Å². The molecule has 0 spiro atoms. The Balaban J connectivity index is 2.20. The third kappa shape index (κ3) is 3.28. The van der Waals surface area contributed by atoms with Gasteiger partial charge in [0.1, 0.15) is 11.6 Å². The monoisotopic (exact) mass is 256 g/mol. The van der Waals surface area contributed by atoms with Crippen LogP contribution in [0.2, 0.25) is 0 Å². The van der Waals surface area contributed by atoms with E-state index in [1.807, 2.05) is 44.2 Å².